The summed E-state index contributed by atoms with van der Waals surface area (Å²) in [5.74, 6) is 0.506. The first-order chi connectivity index (χ1) is 18.5. The minimum Gasteiger partial charge on any atom is -0.493 e. The molecule has 0 bridgehead atoms. The lowest BCUT2D eigenvalue weighted by Gasteiger charge is -2.36. The average Bonchev–Trinajstić information content (AvgIpc) is 3.47. The maximum absolute atomic E-state index is 13.7. The fourth-order valence-corrected chi connectivity index (χ4v) is 6.22. The van der Waals surface area contributed by atoms with Crippen molar-refractivity contribution in [1.82, 2.24) is 5.32 Å². The van der Waals surface area contributed by atoms with Gasteiger partial charge in [-0.3, -0.25) is 4.79 Å². The summed E-state index contributed by atoms with van der Waals surface area (Å²) in [6.07, 6.45) is 1.65. The zero-order chi connectivity index (χ0) is 26.6. The maximum atomic E-state index is 13.7. The van der Waals surface area contributed by atoms with Gasteiger partial charge in [-0.2, -0.15) is 0 Å². The number of esters is 1. The molecule has 0 saturated carbocycles. The van der Waals surface area contributed by atoms with Crippen LogP contribution >= 0.6 is 11.3 Å². The molecule has 2 heterocycles. The van der Waals surface area contributed by atoms with Crippen molar-refractivity contribution in [1.29, 1.82) is 0 Å². The first-order valence-corrected chi connectivity index (χ1v) is 13.6. The third-order valence-corrected chi connectivity index (χ3v) is 8.16. The zero-order valence-corrected chi connectivity index (χ0v) is 22.6. The highest BCUT2D eigenvalue weighted by Gasteiger charge is 2.42. The molecule has 3 aromatic rings. The van der Waals surface area contributed by atoms with Crippen LogP contribution in [0.3, 0.4) is 0 Å². The van der Waals surface area contributed by atoms with Crippen molar-refractivity contribution in [2.75, 3.05) is 20.8 Å². The molecule has 196 valence electrons. The molecule has 0 fully saturated rings. The van der Waals surface area contributed by atoms with E-state index in [1.807, 2.05) is 73.0 Å². The number of benzene rings is 2. The number of carbonyl (C=O) groups is 2. The molecular weight excluding hydrogens is 498 g/mol. The van der Waals surface area contributed by atoms with Crippen LogP contribution in [0.1, 0.15) is 47.6 Å². The lowest BCUT2D eigenvalue weighted by Crippen LogP contribution is -2.36. The average molecular weight is 530 g/mol. The van der Waals surface area contributed by atoms with E-state index in [2.05, 4.69) is 5.32 Å². The van der Waals surface area contributed by atoms with Crippen LogP contribution in [0.25, 0.3) is 0 Å². The van der Waals surface area contributed by atoms with Crippen LogP contribution in [0.5, 0.6) is 11.5 Å². The van der Waals surface area contributed by atoms with Gasteiger partial charge in [0.1, 0.15) is 0 Å². The van der Waals surface area contributed by atoms with E-state index < -0.39 is 5.92 Å². The molecule has 7 heteroatoms. The number of ether oxygens (including phenoxy) is 3. The molecule has 1 aliphatic heterocycles. The SMILES string of the molecule is COc1ccc([C@@H]2CC(=O)C3=C(C2)NC(C)=C(C(=O)OCCc2ccccc2)[C@H]3c2cccs2)cc1OC. The third kappa shape index (κ3) is 5.11. The van der Waals surface area contributed by atoms with Gasteiger partial charge in [0, 0.05) is 34.7 Å². The van der Waals surface area contributed by atoms with E-state index in [9.17, 15) is 9.59 Å². The molecule has 1 aromatic heterocycles. The standard InChI is InChI=1S/C31H31NO5S/c1-19-28(31(34)37-14-13-20-8-5-4-6-9-20)30(27-10-7-15-38-27)29-23(32-19)16-22(17-24(29)33)21-11-12-25(35-2)26(18-21)36-3/h4-12,15,18,22,30,32H,13-14,16-17H2,1-3H3/t22-,30+/m0/s1. The Bertz CT molecular complexity index is 1390. The molecular formula is C31H31NO5S. The van der Waals surface area contributed by atoms with E-state index in [0.717, 1.165) is 27.4 Å². The van der Waals surface area contributed by atoms with Crippen LogP contribution in [-0.4, -0.2) is 32.6 Å². The van der Waals surface area contributed by atoms with Gasteiger partial charge in [0.25, 0.3) is 0 Å². The van der Waals surface area contributed by atoms with Crippen LogP contribution in [0.15, 0.2) is 88.6 Å². The fourth-order valence-electron chi connectivity index (χ4n) is 5.38. The van der Waals surface area contributed by atoms with E-state index in [1.165, 1.54) is 0 Å². The highest BCUT2D eigenvalue weighted by atomic mass is 32.1. The van der Waals surface area contributed by atoms with Crippen molar-refractivity contribution in [2.24, 2.45) is 0 Å². The number of rotatable bonds is 8. The van der Waals surface area contributed by atoms with E-state index in [4.69, 9.17) is 14.2 Å². The number of methoxy groups -OCH3 is 2. The molecule has 0 unspecified atom stereocenters. The van der Waals surface area contributed by atoms with Gasteiger partial charge in [-0.15, -0.1) is 11.3 Å². The number of nitrogens with one attached hydrogen (secondary N) is 1. The second-order valence-electron chi connectivity index (χ2n) is 9.52. The lowest BCUT2D eigenvalue weighted by molar-refractivity contribution is -0.139. The Morgan fingerprint density at radius 1 is 1.00 bits per heavy atom. The summed E-state index contributed by atoms with van der Waals surface area (Å²) in [7, 11) is 3.21. The summed E-state index contributed by atoms with van der Waals surface area (Å²) < 4.78 is 16.6. The van der Waals surface area contributed by atoms with E-state index >= 15 is 0 Å². The van der Waals surface area contributed by atoms with Crippen LogP contribution in [-0.2, 0) is 20.7 Å². The molecule has 0 radical (unpaired) electrons. The topological polar surface area (TPSA) is 73.9 Å². The first-order valence-electron chi connectivity index (χ1n) is 12.7. The minimum absolute atomic E-state index is 0.00952. The summed E-state index contributed by atoms with van der Waals surface area (Å²) in [6.45, 7) is 2.17. The second kappa shape index (κ2) is 11.3. The largest absolute Gasteiger partial charge is 0.493 e. The van der Waals surface area contributed by atoms with Crippen LogP contribution in [0.2, 0.25) is 0 Å². The number of thiophene rings is 1. The first kappa shape index (κ1) is 25.8. The predicted octanol–water partition coefficient (Wildman–Crippen LogP) is 5.91. The summed E-state index contributed by atoms with van der Waals surface area (Å²) in [5.41, 5.74) is 4.91. The molecule has 0 spiro atoms. The molecule has 2 atom stereocenters. The number of hydrogen-bond acceptors (Lipinski definition) is 7. The Morgan fingerprint density at radius 3 is 2.50 bits per heavy atom. The van der Waals surface area contributed by atoms with Crippen LogP contribution in [0, 0.1) is 0 Å². The van der Waals surface area contributed by atoms with Crippen molar-refractivity contribution >= 4 is 23.1 Å². The lowest BCUT2D eigenvalue weighted by atomic mass is 9.73. The molecule has 0 saturated heterocycles. The Morgan fingerprint density at radius 2 is 1.79 bits per heavy atom. The molecule has 38 heavy (non-hydrogen) atoms. The number of dihydropyridines is 1. The van der Waals surface area contributed by atoms with Crippen LogP contribution < -0.4 is 14.8 Å². The number of Topliss-reactive ketones (excluding diaryl/α,β-unsaturated/α-hetero) is 1. The molecule has 2 aromatic carbocycles. The van der Waals surface area contributed by atoms with Gasteiger partial charge in [-0.25, -0.2) is 4.79 Å². The van der Waals surface area contributed by atoms with Gasteiger partial charge in [0.05, 0.1) is 32.3 Å². The van der Waals surface area contributed by atoms with Gasteiger partial charge in [-0.1, -0.05) is 42.5 Å². The Balaban J connectivity index is 1.42. The highest BCUT2D eigenvalue weighted by molar-refractivity contribution is 7.10. The fraction of sp³-hybridized carbons (Fsp3) is 0.290. The Kier molecular flexibility index (Phi) is 7.65. The van der Waals surface area contributed by atoms with Gasteiger partial charge in [-0.05, 0) is 54.0 Å². The summed E-state index contributed by atoms with van der Waals surface area (Å²) in [4.78, 5) is 28.1. The van der Waals surface area contributed by atoms with Crippen LogP contribution in [0.4, 0.5) is 0 Å². The predicted molar refractivity (Wildman–Crippen MR) is 148 cm³/mol. The van der Waals surface area contributed by atoms with Crippen molar-refractivity contribution in [2.45, 2.75) is 38.0 Å². The maximum Gasteiger partial charge on any atom is 0.336 e. The van der Waals surface area contributed by atoms with Gasteiger partial charge < -0.3 is 19.5 Å². The van der Waals surface area contributed by atoms with Gasteiger partial charge in [0.15, 0.2) is 17.3 Å². The molecule has 0 amide bonds. The summed E-state index contributed by atoms with van der Waals surface area (Å²) in [6, 6.07) is 19.7. The van der Waals surface area contributed by atoms with Gasteiger partial charge >= 0.3 is 5.97 Å². The Hall–Kier alpha value is -3.84. The minimum atomic E-state index is -0.436. The summed E-state index contributed by atoms with van der Waals surface area (Å²) in [5, 5.41) is 5.39. The number of ketones is 1. The number of hydrogen-bond donors (Lipinski definition) is 1. The Labute approximate surface area is 226 Å². The highest BCUT2D eigenvalue weighted by Crippen LogP contribution is 2.47. The molecule has 5 rings (SSSR count). The quantitative estimate of drug-likeness (QED) is 0.366. The van der Waals surface area contributed by atoms with Crippen molar-refractivity contribution in [3.8, 4) is 11.5 Å². The zero-order valence-electron chi connectivity index (χ0n) is 21.8. The van der Waals surface area contributed by atoms with E-state index in [0.29, 0.717) is 41.9 Å². The second-order valence-corrected chi connectivity index (χ2v) is 10.5. The molecule has 6 nitrogen and oxygen atoms in total. The van der Waals surface area contributed by atoms with Crippen molar-refractivity contribution in [3.05, 3.63) is 105 Å². The molecule has 2 aliphatic rings. The molecule has 1 N–H and O–H groups in total. The van der Waals surface area contributed by atoms with Crippen molar-refractivity contribution in [3.63, 3.8) is 0 Å². The van der Waals surface area contributed by atoms with E-state index in [-0.39, 0.29) is 24.3 Å². The monoisotopic (exact) mass is 529 g/mol. The number of carbonyl (C=O) groups excluding carboxylic acids is 2. The normalized spacial score (nSPS) is 19.1. The third-order valence-electron chi connectivity index (χ3n) is 7.22. The van der Waals surface area contributed by atoms with E-state index in [1.54, 1.807) is 25.6 Å². The smallest absolute Gasteiger partial charge is 0.336 e. The number of allylic oxidation sites excluding steroid dienone is 3. The van der Waals surface area contributed by atoms with Crippen molar-refractivity contribution < 1.29 is 23.8 Å². The summed E-state index contributed by atoms with van der Waals surface area (Å²) >= 11 is 1.55. The molecule has 1 aliphatic carbocycles. The van der Waals surface area contributed by atoms with Gasteiger partial charge in [0.2, 0.25) is 0 Å².